The van der Waals surface area contributed by atoms with Gasteiger partial charge in [0.05, 0.1) is 11.3 Å². The van der Waals surface area contributed by atoms with Crippen LogP contribution in [0.5, 0.6) is 0 Å². The lowest BCUT2D eigenvalue weighted by Gasteiger charge is -2.22. The first-order valence-electron chi connectivity index (χ1n) is 8.21. The SMILES string of the molecule is O=C(CN1C(=O)c2cccnc2Sc2ccccc21)Nc1ccc(Br)cc1. The van der Waals surface area contributed by atoms with Crippen LogP contribution in [0, 0.1) is 0 Å². The highest BCUT2D eigenvalue weighted by Crippen LogP contribution is 2.39. The minimum absolute atomic E-state index is 0.0825. The van der Waals surface area contributed by atoms with Crippen molar-refractivity contribution in [2.45, 2.75) is 9.92 Å². The monoisotopic (exact) mass is 439 g/mol. The van der Waals surface area contributed by atoms with Gasteiger partial charge < -0.3 is 5.32 Å². The summed E-state index contributed by atoms with van der Waals surface area (Å²) in [4.78, 5) is 32.4. The molecule has 1 aliphatic rings. The highest BCUT2D eigenvalue weighted by molar-refractivity contribution is 9.10. The van der Waals surface area contributed by atoms with E-state index in [0.29, 0.717) is 22.0 Å². The van der Waals surface area contributed by atoms with Gasteiger partial charge in [-0.3, -0.25) is 14.5 Å². The number of hydrogen-bond donors (Lipinski definition) is 1. The third-order valence-corrected chi connectivity index (χ3v) is 5.65. The van der Waals surface area contributed by atoms with E-state index >= 15 is 0 Å². The number of hydrogen-bond acceptors (Lipinski definition) is 4. The number of aromatic nitrogens is 1. The van der Waals surface area contributed by atoms with Gasteiger partial charge in [-0.2, -0.15) is 0 Å². The number of amides is 2. The second-order valence-electron chi connectivity index (χ2n) is 5.87. The number of carbonyl (C=O) groups is 2. The molecule has 5 nitrogen and oxygen atoms in total. The molecule has 4 rings (SSSR count). The molecule has 0 saturated carbocycles. The molecule has 2 heterocycles. The van der Waals surface area contributed by atoms with Gasteiger partial charge in [0.1, 0.15) is 11.6 Å². The van der Waals surface area contributed by atoms with Crippen molar-refractivity contribution in [2.24, 2.45) is 0 Å². The summed E-state index contributed by atoms with van der Waals surface area (Å²) < 4.78 is 0.929. The average molecular weight is 440 g/mol. The molecule has 2 amide bonds. The van der Waals surface area contributed by atoms with Crippen molar-refractivity contribution in [1.29, 1.82) is 0 Å². The van der Waals surface area contributed by atoms with Crippen LogP contribution in [0.25, 0.3) is 0 Å². The minimum atomic E-state index is -0.266. The number of rotatable bonds is 3. The molecule has 0 bridgehead atoms. The molecule has 0 spiro atoms. The van der Waals surface area contributed by atoms with Gasteiger partial charge in [-0.25, -0.2) is 4.98 Å². The topological polar surface area (TPSA) is 62.3 Å². The second kappa shape index (κ2) is 7.54. The van der Waals surface area contributed by atoms with Crippen LogP contribution in [0.3, 0.4) is 0 Å². The van der Waals surface area contributed by atoms with Crippen LogP contribution in [0.2, 0.25) is 0 Å². The van der Waals surface area contributed by atoms with E-state index in [9.17, 15) is 9.59 Å². The summed E-state index contributed by atoms with van der Waals surface area (Å²) in [6.07, 6.45) is 1.66. The van der Waals surface area contributed by atoms with E-state index < -0.39 is 0 Å². The predicted octanol–water partition coefficient (Wildman–Crippen LogP) is 4.59. The van der Waals surface area contributed by atoms with Crippen molar-refractivity contribution in [2.75, 3.05) is 16.8 Å². The zero-order chi connectivity index (χ0) is 18.8. The molecule has 0 saturated heterocycles. The molecule has 0 atom stereocenters. The van der Waals surface area contributed by atoms with Gasteiger partial charge in [0.25, 0.3) is 5.91 Å². The van der Waals surface area contributed by atoms with Gasteiger partial charge in [-0.05, 0) is 48.5 Å². The highest BCUT2D eigenvalue weighted by Gasteiger charge is 2.29. The number of nitrogens with zero attached hydrogens (tertiary/aromatic N) is 2. The normalized spacial score (nSPS) is 12.8. The summed E-state index contributed by atoms with van der Waals surface area (Å²) in [5.41, 5.74) is 1.88. The highest BCUT2D eigenvalue weighted by atomic mass is 79.9. The largest absolute Gasteiger partial charge is 0.325 e. The van der Waals surface area contributed by atoms with Crippen LogP contribution < -0.4 is 10.2 Å². The molecule has 27 heavy (non-hydrogen) atoms. The zero-order valence-electron chi connectivity index (χ0n) is 14.1. The molecule has 134 valence electrons. The van der Waals surface area contributed by atoms with Crippen molar-refractivity contribution in [3.63, 3.8) is 0 Å². The lowest BCUT2D eigenvalue weighted by Crippen LogP contribution is -2.38. The maximum Gasteiger partial charge on any atom is 0.261 e. The molecule has 0 unspecified atom stereocenters. The number of para-hydroxylation sites is 1. The van der Waals surface area contributed by atoms with E-state index in [1.54, 1.807) is 30.5 Å². The lowest BCUT2D eigenvalue weighted by molar-refractivity contribution is -0.114. The molecule has 7 heteroatoms. The van der Waals surface area contributed by atoms with Crippen molar-refractivity contribution >= 4 is 50.9 Å². The molecule has 0 fully saturated rings. The summed E-state index contributed by atoms with van der Waals surface area (Å²) in [6, 6.07) is 18.3. The molecule has 0 aliphatic carbocycles. The minimum Gasteiger partial charge on any atom is -0.325 e. The first-order valence-corrected chi connectivity index (χ1v) is 9.82. The Kier molecular flexibility index (Phi) is 4.96. The zero-order valence-corrected chi connectivity index (χ0v) is 16.5. The Bertz CT molecular complexity index is 1020. The van der Waals surface area contributed by atoms with Crippen molar-refractivity contribution in [1.82, 2.24) is 4.98 Å². The standard InChI is InChI=1S/C20H14BrN3O2S/c21-13-7-9-14(10-8-13)23-18(25)12-24-16-5-1-2-6-17(16)27-19-15(20(24)26)4-3-11-22-19/h1-11H,12H2,(H,23,25). The quantitative estimate of drug-likeness (QED) is 0.647. The molecule has 1 aromatic heterocycles. The summed E-state index contributed by atoms with van der Waals surface area (Å²) in [5, 5.41) is 3.48. The number of benzene rings is 2. The summed E-state index contributed by atoms with van der Waals surface area (Å²) >= 11 is 4.80. The Labute approximate surface area is 168 Å². The molecular formula is C20H14BrN3O2S. The fourth-order valence-corrected chi connectivity index (χ4v) is 4.08. The number of pyridine rings is 1. The number of fused-ring (bicyclic) bond motifs is 2. The van der Waals surface area contributed by atoms with Crippen LogP contribution in [0.15, 0.2) is 81.3 Å². The van der Waals surface area contributed by atoms with Crippen LogP contribution in [0.1, 0.15) is 10.4 Å². The molecular weight excluding hydrogens is 426 g/mol. The predicted molar refractivity (Wildman–Crippen MR) is 109 cm³/mol. The Balaban J connectivity index is 1.65. The van der Waals surface area contributed by atoms with Gasteiger partial charge >= 0.3 is 0 Å². The van der Waals surface area contributed by atoms with Crippen molar-refractivity contribution < 1.29 is 9.59 Å². The molecule has 1 aliphatic heterocycles. The number of nitrogens with one attached hydrogen (secondary N) is 1. The van der Waals surface area contributed by atoms with E-state index in [1.807, 2.05) is 36.4 Å². The van der Waals surface area contributed by atoms with Gasteiger partial charge in [0.2, 0.25) is 5.91 Å². The van der Waals surface area contributed by atoms with E-state index in [2.05, 4.69) is 26.2 Å². The summed E-state index contributed by atoms with van der Waals surface area (Å²) in [7, 11) is 0. The van der Waals surface area contributed by atoms with Crippen LogP contribution in [-0.4, -0.2) is 23.3 Å². The van der Waals surface area contributed by atoms with Crippen LogP contribution >= 0.6 is 27.7 Å². The maximum atomic E-state index is 13.1. The third kappa shape index (κ3) is 3.74. The van der Waals surface area contributed by atoms with Gasteiger partial charge in [-0.15, -0.1) is 0 Å². The summed E-state index contributed by atoms with van der Waals surface area (Å²) in [5.74, 6) is -0.501. The van der Waals surface area contributed by atoms with Crippen molar-refractivity contribution in [3.05, 3.63) is 76.9 Å². The number of anilines is 2. The van der Waals surface area contributed by atoms with Crippen molar-refractivity contribution in [3.8, 4) is 0 Å². The van der Waals surface area contributed by atoms with E-state index in [4.69, 9.17) is 0 Å². The Morgan fingerprint density at radius 1 is 1.07 bits per heavy atom. The Morgan fingerprint density at radius 3 is 2.67 bits per heavy atom. The number of carbonyl (C=O) groups excluding carboxylic acids is 2. The summed E-state index contributed by atoms with van der Waals surface area (Å²) in [6.45, 7) is -0.0825. The molecule has 3 aromatic rings. The second-order valence-corrected chi connectivity index (χ2v) is 7.82. The Morgan fingerprint density at radius 2 is 1.85 bits per heavy atom. The smallest absolute Gasteiger partial charge is 0.261 e. The van der Waals surface area contributed by atoms with Gasteiger partial charge in [0.15, 0.2) is 0 Å². The lowest BCUT2D eigenvalue weighted by atomic mass is 10.2. The molecule has 2 aromatic carbocycles. The fraction of sp³-hybridized carbons (Fsp3) is 0.0500. The molecule has 1 N–H and O–H groups in total. The van der Waals surface area contributed by atoms with Gasteiger partial charge in [-0.1, -0.05) is 39.8 Å². The van der Waals surface area contributed by atoms with E-state index in [0.717, 1.165) is 9.37 Å². The van der Waals surface area contributed by atoms with Gasteiger partial charge in [0, 0.05) is 21.3 Å². The fourth-order valence-electron chi connectivity index (χ4n) is 2.79. The average Bonchev–Trinajstić information content (AvgIpc) is 2.79. The molecule has 0 radical (unpaired) electrons. The van der Waals surface area contributed by atoms with E-state index in [1.165, 1.54) is 16.7 Å². The first kappa shape index (κ1) is 17.8. The third-order valence-electron chi connectivity index (χ3n) is 4.04. The number of halogens is 1. The Hall–Kier alpha value is -2.64. The van der Waals surface area contributed by atoms with Crippen LogP contribution in [-0.2, 0) is 4.79 Å². The van der Waals surface area contributed by atoms with E-state index in [-0.39, 0.29) is 18.4 Å². The van der Waals surface area contributed by atoms with Crippen LogP contribution in [0.4, 0.5) is 11.4 Å². The maximum absolute atomic E-state index is 13.1. The first-order chi connectivity index (χ1) is 13.1.